The molecule has 0 heterocycles. The van der Waals surface area contributed by atoms with Crippen molar-refractivity contribution in [1.29, 1.82) is 0 Å². The van der Waals surface area contributed by atoms with Gasteiger partial charge in [-0.05, 0) is 55.7 Å². The summed E-state index contributed by atoms with van der Waals surface area (Å²) in [6.07, 6.45) is -3.47. The highest BCUT2D eigenvalue weighted by Crippen LogP contribution is 2.38. The van der Waals surface area contributed by atoms with Crippen molar-refractivity contribution in [3.63, 3.8) is 0 Å². The Hall–Kier alpha value is -2.46. The maximum absolute atomic E-state index is 13.3. The summed E-state index contributed by atoms with van der Waals surface area (Å²) in [6, 6.07) is 6.34. The van der Waals surface area contributed by atoms with Gasteiger partial charge < -0.3 is 10.1 Å². The first-order valence-electron chi connectivity index (χ1n) is 10.0. The van der Waals surface area contributed by atoms with Crippen molar-refractivity contribution >= 4 is 33.2 Å². The van der Waals surface area contributed by atoms with E-state index < -0.39 is 44.8 Å². The number of anilines is 1. The minimum Gasteiger partial charge on any atom is -0.496 e. The molecule has 6 nitrogen and oxygen atoms in total. The summed E-state index contributed by atoms with van der Waals surface area (Å²) in [5.41, 5.74) is 0.135. The maximum atomic E-state index is 13.3. The lowest BCUT2D eigenvalue weighted by Crippen LogP contribution is -2.48. The van der Waals surface area contributed by atoms with Crippen LogP contribution >= 0.6 is 11.6 Å². The molecular weight excluding hydrogens is 481 g/mol. The van der Waals surface area contributed by atoms with Gasteiger partial charge in [-0.25, -0.2) is 8.42 Å². The third-order valence-electron chi connectivity index (χ3n) is 5.14. The molecule has 2 aromatic rings. The number of aryl methyl sites for hydroxylation is 1. The Bertz CT molecular complexity index is 1120. The minimum atomic E-state index is -4.79. The van der Waals surface area contributed by atoms with E-state index in [-0.39, 0.29) is 5.69 Å². The number of alkyl halides is 3. The number of ether oxygens (including phenoxy) is 1. The van der Waals surface area contributed by atoms with Crippen LogP contribution in [0.3, 0.4) is 0 Å². The molecular formula is C22H26ClF3N2O4S. The molecule has 33 heavy (non-hydrogen) atoms. The summed E-state index contributed by atoms with van der Waals surface area (Å²) in [4.78, 5) is 13.0. The van der Waals surface area contributed by atoms with Crippen molar-refractivity contribution in [1.82, 2.24) is 5.32 Å². The molecule has 0 spiro atoms. The van der Waals surface area contributed by atoms with Crippen LogP contribution < -0.4 is 14.4 Å². The van der Waals surface area contributed by atoms with Crippen LogP contribution in [0.2, 0.25) is 5.02 Å². The number of nitrogens with zero attached hydrogens (tertiary/aromatic N) is 1. The Morgan fingerprint density at radius 2 is 1.85 bits per heavy atom. The third kappa shape index (κ3) is 6.32. The Morgan fingerprint density at radius 1 is 1.21 bits per heavy atom. The monoisotopic (exact) mass is 506 g/mol. The molecule has 0 aliphatic rings. The Kier molecular flexibility index (Phi) is 8.29. The molecule has 0 radical (unpaired) electrons. The van der Waals surface area contributed by atoms with Crippen LogP contribution in [-0.2, 0) is 21.0 Å². The van der Waals surface area contributed by atoms with Gasteiger partial charge in [-0.2, -0.15) is 13.2 Å². The smallest absolute Gasteiger partial charge is 0.417 e. The molecule has 0 fully saturated rings. The molecule has 2 aromatic carbocycles. The van der Waals surface area contributed by atoms with Crippen molar-refractivity contribution in [2.45, 2.75) is 45.5 Å². The fourth-order valence-electron chi connectivity index (χ4n) is 3.51. The maximum Gasteiger partial charge on any atom is 0.417 e. The summed E-state index contributed by atoms with van der Waals surface area (Å²) in [6.45, 7) is 5.01. The van der Waals surface area contributed by atoms with Crippen molar-refractivity contribution in [3.8, 4) is 5.75 Å². The first-order valence-corrected chi connectivity index (χ1v) is 12.2. The molecule has 0 aliphatic carbocycles. The average molecular weight is 507 g/mol. The molecule has 0 saturated heterocycles. The van der Waals surface area contributed by atoms with E-state index in [1.54, 1.807) is 19.2 Å². The third-order valence-corrected chi connectivity index (χ3v) is 6.72. The first-order chi connectivity index (χ1) is 15.2. The van der Waals surface area contributed by atoms with E-state index >= 15 is 0 Å². The van der Waals surface area contributed by atoms with Crippen LogP contribution in [-0.4, -0.2) is 33.7 Å². The van der Waals surface area contributed by atoms with Crippen molar-refractivity contribution in [2.24, 2.45) is 0 Å². The highest BCUT2D eigenvalue weighted by Gasteiger charge is 2.36. The van der Waals surface area contributed by atoms with Crippen LogP contribution in [0.1, 0.15) is 43.0 Å². The molecule has 2 rings (SSSR count). The number of hydrogen-bond acceptors (Lipinski definition) is 4. The second kappa shape index (κ2) is 10.2. The lowest BCUT2D eigenvalue weighted by molar-refractivity contribution is -0.137. The largest absolute Gasteiger partial charge is 0.496 e. The predicted octanol–water partition coefficient (Wildman–Crippen LogP) is 5.10. The van der Waals surface area contributed by atoms with Crippen LogP contribution in [0, 0.1) is 6.92 Å². The zero-order chi connectivity index (χ0) is 25.1. The molecule has 0 unspecified atom stereocenters. The standard InChI is InChI=1S/C22H26ClF3N2O4S/c1-6-19(15-7-10-20(32-4)13(2)11-15)27-21(29)14(3)28(33(5,30)31)16-8-9-18(23)17(12-16)22(24,25)26/h7-12,14,19H,6H2,1-5H3,(H,27,29)/t14-,19-/m0/s1. The number of carbonyl (C=O) groups is 1. The summed E-state index contributed by atoms with van der Waals surface area (Å²) < 4.78 is 70.8. The van der Waals surface area contributed by atoms with E-state index in [1.807, 2.05) is 19.9 Å². The second-order valence-electron chi connectivity index (χ2n) is 7.60. The lowest BCUT2D eigenvalue weighted by atomic mass is 10.0. The van der Waals surface area contributed by atoms with Gasteiger partial charge in [0, 0.05) is 0 Å². The Labute approximate surface area is 196 Å². The molecule has 0 aromatic heterocycles. The fraction of sp³-hybridized carbons (Fsp3) is 0.409. The molecule has 0 bridgehead atoms. The van der Waals surface area contributed by atoms with Gasteiger partial charge in [0.1, 0.15) is 11.8 Å². The zero-order valence-electron chi connectivity index (χ0n) is 18.8. The van der Waals surface area contributed by atoms with Gasteiger partial charge in [0.05, 0.1) is 35.7 Å². The number of carbonyl (C=O) groups excluding carboxylic acids is 1. The molecule has 11 heteroatoms. The van der Waals surface area contributed by atoms with Gasteiger partial charge in [-0.3, -0.25) is 9.10 Å². The van der Waals surface area contributed by atoms with Gasteiger partial charge in [0.25, 0.3) is 0 Å². The first kappa shape index (κ1) is 26.8. The van der Waals surface area contributed by atoms with E-state index in [0.29, 0.717) is 22.5 Å². The average Bonchev–Trinajstić information content (AvgIpc) is 2.71. The van der Waals surface area contributed by atoms with E-state index in [2.05, 4.69) is 5.32 Å². The van der Waals surface area contributed by atoms with Gasteiger partial charge in [0.2, 0.25) is 15.9 Å². The summed E-state index contributed by atoms with van der Waals surface area (Å²) in [5.74, 6) is 0.0176. The molecule has 0 saturated carbocycles. The Morgan fingerprint density at radius 3 is 2.33 bits per heavy atom. The van der Waals surface area contributed by atoms with Crippen molar-refractivity contribution in [3.05, 3.63) is 58.1 Å². The van der Waals surface area contributed by atoms with E-state index in [4.69, 9.17) is 16.3 Å². The van der Waals surface area contributed by atoms with Gasteiger partial charge >= 0.3 is 6.18 Å². The molecule has 2 atom stereocenters. The number of amides is 1. The van der Waals surface area contributed by atoms with Crippen molar-refractivity contribution in [2.75, 3.05) is 17.7 Å². The second-order valence-corrected chi connectivity index (χ2v) is 9.86. The quantitative estimate of drug-likeness (QED) is 0.540. The summed E-state index contributed by atoms with van der Waals surface area (Å²) in [5, 5.41) is 2.22. The lowest BCUT2D eigenvalue weighted by Gasteiger charge is -2.30. The van der Waals surface area contributed by atoms with Crippen LogP contribution in [0.5, 0.6) is 5.75 Å². The van der Waals surface area contributed by atoms with Crippen LogP contribution in [0.25, 0.3) is 0 Å². The van der Waals surface area contributed by atoms with Crippen LogP contribution in [0.4, 0.5) is 18.9 Å². The number of halogens is 4. The van der Waals surface area contributed by atoms with E-state index in [0.717, 1.165) is 29.5 Å². The topological polar surface area (TPSA) is 75.7 Å². The van der Waals surface area contributed by atoms with Crippen molar-refractivity contribution < 1.29 is 31.1 Å². The molecule has 1 amide bonds. The SMILES string of the molecule is CC[C@H](NC(=O)[C@H](C)N(c1ccc(Cl)c(C(F)(F)F)c1)S(C)(=O)=O)c1ccc(OC)c(C)c1. The van der Waals surface area contributed by atoms with Gasteiger partial charge in [0.15, 0.2) is 0 Å². The minimum absolute atomic E-state index is 0.315. The predicted molar refractivity (Wildman–Crippen MR) is 122 cm³/mol. The number of methoxy groups -OCH3 is 1. The fourth-order valence-corrected chi connectivity index (χ4v) is 4.90. The number of hydrogen-bond donors (Lipinski definition) is 1. The summed E-state index contributed by atoms with van der Waals surface area (Å²) in [7, 11) is -2.57. The van der Waals surface area contributed by atoms with Crippen LogP contribution in [0.15, 0.2) is 36.4 Å². The molecule has 0 aliphatic heterocycles. The molecule has 1 N–H and O–H groups in total. The van der Waals surface area contributed by atoms with Gasteiger partial charge in [-0.1, -0.05) is 30.7 Å². The van der Waals surface area contributed by atoms with E-state index in [1.165, 1.54) is 6.92 Å². The number of sulfonamides is 1. The van der Waals surface area contributed by atoms with Gasteiger partial charge in [-0.15, -0.1) is 0 Å². The number of rotatable bonds is 8. The highest BCUT2D eigenvalue weighted by molar-refractivity contribution is 7.92. The van der Waals surface area contributed by atoms with E-state index in [9.17, 15) is 26.4 Å². The highest BCUT2D eigenvalue weighted by atomic mass is 35.5. The number of benzene rings is 2. The normalized spacial score (nSPS) is 13.8. The Balaban J connectivity index is 2.39. The zero-order valence-corrected chi connectivity index (χ0v) is 20.4. The summed E-state index contributed by atoms with van der Waals surface area (Å²) >= 11 is 5.66. The number of nitrogens with one attached hydrogen (secondary N) is 1. The molecule has 182 valence electrons.